The Kier molecular flexibility index (Phi) is 9.00. The Morgan fingerprint density at radius 2 is 0.908 bits per heavy atom. The van der Waals surface area contributed by atoms with Gasteiger partial charge in [0.15, 0.2) is 0 Å². The van der Waals surface area contributed by atoms with Crippen molar-refractivity contribution in [3.8, 4) is 33.4 Å². The number of anilines is 3. The Bertz CT molecular complexity index is 3520. The van der Waals surface area contributed by atoms with Crippen molar-refractivity contribution in [2.24, 2.45) is 0 Å². The van der Waals surface area contributed by atoms with Crippen molar-refractivity contribution >= 4 is 49.6 Å². The normalized spacial score (nSPS) is 13.0. The largest absolute Gasteiger partial charge is 0.335 e. The molecule has 12 rings (SSSR count). The zero-order valence-electron chi connectivity index (χ0n) is 36.9. The monoisotopic (exact) mass is 832 g/mol. The Labute approximate surface area is 381 Å². The Balaban J connectivity index is 1.10. The number of benzene rings is 10. The van der Waals surface area contributed by atoms with Gasteiger partial charge in [0.05, 0.1) is 10.9 Å². The summed E-state index contributed by atoms with van der Waals surface area (Å²) in [7, 11) is 0. The highest BCUT2D eigenvalue weighted by Gasteiger charge is 2.46. The van der Waals surface area contributed by atoms with Crippen LogP contribution in [0, 0.1) is 0 Å². The average Bonchev–Trinajstić information content (AvgIpc) is 3.85. The van der Waals surface area contributed by atoms with Crippen molar-refractivity contribution in [1.29, 1.82) is 0 Å². The Morgan fingerprint density at radius 1 is 0.369 bits per heavy atom. The van der Waals surface area contributed by atoms with E-state index in [1.54, 1.807) is 0 Å². The predicted molar refractivity (Wildman–Crippen MR) is 275 cm³/mol. The van der Waals surface area contributed by atoms with Gasteiger partial charge in [-0.2, -0.15) is 0 Å². The molecule has 0 bridgehead atoms. The lowest BCUT2D eigenvalue weighted by atomic mass is 9.67. The van der Waals surface area contributed by atoms with Gasteiger partial charge in [0.2, 0.25) is 0 Å². The second kappa shape index (κ2) is 15.1. The van der Waals surface area contributed by atoms with Gasteiger partial charge < -0.3 is 9.47 Å². The van der Waals surface area contributed by atoms with E-state index < -0.39 is 5.41 Å². The molecule has 0 saturated heterocycles. The second-order valence-electron chi connectivity index (χ2n) is 18.4. The molecule has 0 unspecified atom stereocenters. The number of hydrogen-bond acceptors (Lipinski definition) is 1. The van der Waals surface area contributed by atoms with Crippen LogP contribution in [0.15, 0.2) is 237 Å². The lowest BCUT2D eigenvalue weighted by Crippen LogP contribution is -2.28. The third-order valence-corrected chi connectivity index (χ3v) is 13.7. The molecule has 65 heavy (non-hydrogen) atoms. The number of rotatable bonds is 7. The molecular weight excluding hydrogens is 785 g/mol. The van der Waals surface area contributed by atoms with E-state index in [9.17, 15) is 0 Å². The molecule has 0 fully saturated rings. The van der Waals surface area contributed by atoms with Gasteiger partial charge in [-0.25, -0.2) is 0 Å². The van der Waals surface area contributed by atoms with Crippen molar-refractivity contribution < 1.29 is 0 Å². The van der Waals surface area contributed by atoms with Gasteiger partial charge in [-0.15, -0.1) is 0 Å². The van der Waals surface area contributed by atoms with E-state index in [2.05, 4.69) is 267 Å². The van der Waals surface area contributed by atoms with Gasteiger partial charge in [-0.3, -0.25) is 0 Å². The van der Waals surface area contributed by atoms with Crippen LogP contribution in [0.1, 0.15) is 43.0 Å². The third-order valence-electron chi connectivity index (χ3n) is 13.7. The number of nitrogens with zero attached hydrogens (tertiary/aromatic N) is 2. The molecule has 2 heteroatoms. The summed E-state index contributed by atoms with van der Waals surface area (Å²) in [5, 5.41) is 5.02. The van der Waals surface area contributed by atoms with Crippen LogP contribution in [-0.4, -0.2) is 4.57 Å². The van der Waals surface area contributed by atoms with E-state index in [4.69, 9.17) is 0 Å². The Morgan fingerprint density at radius 3 is 1.63 bits per heavy atom. The van der Waals surface area contributed by atoms with Crippen LogP contribution in [0.2, 0.25) is 0 Å². The molecule has 1 aliphatic rings. The van der Waals surface area contributed by atoms with Crippen LogP contribution in [0.3, 0.4) is 0 Å². The standard InChI is InChI=1S/C63H48N2/c1-62(2,3)65-59-30-18-16-28-55(59)56-40-37-50(42-60(56)65)64(48-34-31-44(32-35-48)52-38-33-43-19-13-14-26-51(43)61(52)45-20-7-4-8-21-45)49-36-39-54-53-27-15-17-29-57(53)63(58(54)41-49,46-22-9-5-10-23-46)47-24-11-6-12-25-47/h4-42H,1-3H3. The first-order valence-corrected chi connectivity index (χ1v) is 22.8. The second-order valence-corrected chi connectivity index (χ2v) is 18.4. The summed E-state index contributed by atoms with van der Waals surface area (Å²) >= 11 is 0. The topological polar surface area (TPSA) is 8.17 Å². The fraction of sp³-hybridized carbons (Fsp3) is 0.0794. The maximum atomic E-state index is 2.52. The minimum atomic E-state index is -0.521. The summed E-state index contributed by atoms with van der Waals surface area (Å²) < 4.78 is 2.52. The summed E-state index contributed by atoms with van der Waals surface area (Å²) in [5.74, 6) is 0. The number of hydrogen-bond donors (Lipinski definition) is 0. The summed E-state index contributed by atoms with van der Waals surface area (Å²) in [4.78, 5) is 2.47. The summed E-state index contributed by atoms with van der Waals surface area (Å²) in [6.45, 7) is 6.93. The maximum absolute atomic E-state index is 2.52. The fourth-order valence-corrected chi connectivity index (χ4v) is 11.1. The molecule has 0 aliphatic heterocycles. The highest BCUT2D eigenvalue weighted by Crippen LogP contribution is 2.57. The van der Waals surface area contributed by atoms with E-state index in [1.807, 2.05) is 0 Å². The first kappa shape index (κ1) is 38.7. The highest BCUT2D eigenvalue weighted by atomic mass is 15.1. The molecule has 0 atom stereocenters. The fourth-order valence-electron chi connectivity index (χ4n) is 11.1. The third kappa shape index (κ3) is 6.09. The smallest absolute Gasteiger partial charge is 0.0714 e. The first-order valence-electron chi connectivity index (χ1n) is 22.8. The quantitative estimate of drug-likeness (QED) is 0.155. The predicted octanol–water partition coefficient (Wildman–Crippen LogP) is 16.9. The molecule has 11 aromatic rings. The van der Waals surface area contributed by atoms with Gasteiger partial charge in [0, 0.05) is 38.9 Å². The van der Waals surface area contributed by atoms with Crippen molar-refractivity contribution in [3.63, 3.8) is 0 Å². The molecule has 0 amide bonds. The van der Waals surface area contributed by atoms with E-state index in [0.29, 0.717) is 0 Å². The van der Waals surface area contributed by atoms with Gasteiger partial charge in [-0.1, -0.05) is 194 Å². The van der Waals surface area contributed by atoms with Crippen molar-refractivity contribution in [2.45, 2.75) is 31.7 Å². The number of fused-ring (bicyclic) bond motifs is 7. The summed E-state index contributed by atoms with van der Waals surface area (Å²) in [5.41, 5.74) is 17.6. The highest BCUT2D eigenvalue weighted by molar-refractivity contribution is 6.10. The lowest BCUT2D eigenvalue weighted by molar-refractivity contribution is 0.423. The minimum Gasteiger partial charge on any atom is -0.335 e. The van der Waals surface area contributed by atoms with E-state index >= 15 is 0 Å². The molecule has 2 nitrogen and oxygen atoms in total. The van der Waals surface area contributed by atoms with E-state index in [0.717, 1.165) is 17.1 Å². The molecule has 0 radical (unpaired) electrons. The molecule has 0 spiro atoms. The van der Waals surface area contributed by atoms with Gasteiger partial charge >= 0.3 is 0 Å². The van der Waals surface area contributed by atoms with Crippen LogP contribution in [0.25, 0.3) is 66.0 Å². The number of para-hydroxylation sites is 1. The summed E-state index contributed by atoms with van der Waals surface area (Å²) in [6.07, 6.45) is 0. The van der Waals surface area contributed by atoms with Crippen LogP contribution in [-0.2, 0) is 11.0 Å². The van der Waals surface area contributed by atoms with Crippen molar-refractivity contribution in [3.05, 3.63) is 259 Å². The zero-order valence-corrected chi connectivity index (χ0v) is 36.9. The molecule has 1 aliphatic carbocycles. The zero-order chi connectivity index (χ0) is 43.7. The SMILES string of the molecule is CC(C)(C)n1c2ccccc2c2ccc(N(c3ccc(-c4ccc5ccccc5c4-c4ccccc4)cc3)c3ccc4c(c3)C(c3ccccc3)(c3ccccc3)c3ccccc3-4)cc21. The van der Waals surface area contributed by atoms with Crippen molar-refractivity contribution in [1.82, 2.24) is 4.57 Å². The van der Waals surface area contributed by atoms with Gasteiger partial charge in [0.1, 0.15) is 0 Å². The van der Waals surface area contributed by atoms with Gasteiger partial charge in [-0.05, 0) is 130 Å². The molecule has 310 valence electrons. The molecule has 0 N–H and O–H groups in total. The molecule has 10 aromatic carbocycles. The van der Waals surface area contributed by atoms with E-state index in [-0.39, 0.29) is 5.54 Å². The minimum absolute atomic E-state index is 0.146. The first-order chi connectivity index (χ1) is 31.9. The van der Waals surface area contributed by atoms with Gasteiger partial charge in [0.25, 0.3) is 0 Å². The summed E-state index contributed by atoms with van der Waals surface area (Å²) in [6, 6.07) is 87.6. The average molecular weight is 833 g/mol. The van der Waals surface area contributed by atoms with Crippen LogP contribution < -0.4 is 4.90 Å². The molecule has 0 saturated carbocycles. The van der Waals surface area contributed by atoms with Crippen LogP contribution in [0.4, 0.5) is 17.1 Å². The van der Waals surface area contributed by atoms with E-state index in [1.165, 1.54) is 88.2 Å². The molecule has 1 heterocycles. The van der Waals surface area contributed by atoms with Crippen molar-refractivity contribution in [2.75, 3.05) is 4.90 Å². The molecule has 1 aromatic heterocycles. The van der Waals surface area contributed by atoms with Crippen LogP contribution >= 0.6 is 0 Å². The Hall–Kier alpha value is -7.94. The van der Waals surface area contributed by atoms with Crippen LogP contribution in [0.5, 0.6) is 0 Å². The number of aromatic nitrogens is 1. The molecular formula is C63H48N2. The lowest BCUT2D eigenvalue weighted by Gasteiger charge is -2.35. The maximum Gasteiger partial charge on any atom is 0.0714 e.